The summed E-state index contributed by atoms with van der Waals surface area (Å²) in [6, 6.07) is 0. The van der Waals surface area contributed by atoms with Crippen molar-refractivity contribution in [1.82, 2.24) is 10.6 Å². The number of nitrogens with one attached hydrogen (secondary N) is 2. The Morgan fingerprint density at radius 1 is 1.10 bits per heavy atom. The van der Waals surface area contributed by atoms with Crippen molar-refractivity contribution in [3.63, 3.8) is 0 Å². The molecule has 1 rings (SSSR count). The minimum atomic E-state index is 0.819. The van der Waals surface area contributed by atoms with Gasteiger partial charge in [-0.3, -0.25) is 0 Å². The fourth-order valence-electron chi connectivity index (χ4n) is 0.604. The number of nitrogens with two attached hydrogens (primary N) is 1. The molecule has 0 bridgehead atoms. The predicted octanol–water partition coefficient (Wildman–Crippen LogP) is -0.466. The summed E-state index contributed by atoms with van der Waals surface area (Å²) in [5.41, 5.74) is 5.03. The van der Waals surface area contributed by atoms with Crippen molar-refractivity contribution in [3.05, 3.63) is 0 Å². The molecule has 0 atom stereocenters. The molecule has 1 saturated heterocycles. The molecule has 1 fully saturated rings. The minimum Gasteiger partial charge on any atom is -0.330 e. The molecule has 0 spiro atoms. The van der Waals surface area contributed by atoms with Crippen LogP contribution in [0.3, 0.4) is 0 Å². The molecule has 0 saturated carbocycles. The number of hydrogen-bond acceptors (Lipinski definition) is 3. The number of piperazine rings is 1. The van der Waals surface area contributed by atoms with Gasteiger partial charge in [0.15, 0.2) is 0 Å². The molecule has 62 valence electrons. The first-order valence-electron chi connectivity index (χ1n) is 4.03. The van der Waals surface area contributed by atoms with Crippen LogP contribution in [0.2, 0.25) is 0 Å². The highest BCUT2D eigenvalue weighted by Gasteiger charge is 1.91. The second-order valence-electron chi connectivity index (χ2n) is 2.29. The van der Waals surface area contributed by atoms with Crippen molar-refractivity contribution in [2.75, 3.05) is 32.7 Å². The summed E-state index contributed by atoms with van der Waals surface area (Å²) in [7, 11) is 0. The first-order chi connectivity index (χ1) is 4.91. The molecule has 1 aliphatic rings. The lowest BCUT2D eigenvalue weighted by Crippen LogP contribution is -2.39. The van der Waals surface area contributed by atoms with Crippen LogP contribution in [0.5, 0.6) is 0 Å². The topological polar surface area (TPSA) is 50.1 Å². The van der Waals surface area contributed by atoms with E-state index in [4.69, 9.17) is 5.73 Å². The molecule has 0 aromatic heterocycles. The summed E-state index contributed by atoms with van der Waals surface area (Å²) < 4.78 is 0. The summed E-state index contributed by atoms with van der Waals surface area (Å²) in [5.74, 6) is 0. The number of rotatable bonds is 1. The lowest BCUT2D eigenvalue weighted by Gasteiger charge is -2.11. The molecule has 1 aliphatic heterocycles. The van der Waals surface area contributed by atoms with Gasteiger partial charge in [-0.05, 0) is 13.0 Å². The van der Waals surface area contributed by atoms with Gasteiger partial charge in [0.25, 0.3) is 0 Å². The predicted molar refractivity (Wildman–Crippen MR) is 45.1 cm³/mol. The Kier molecular flexibility index (Phi) is 8.77. The van der Waals surface area contributed by atoms with E-state index in [1.54, 1.807) is 0 Å². The van der Waals surface area contributed by atoms with Crippen molar-refractivity contribution < 1.29 is 0 Å². The van der Waals surface area contributed by atoms with Gasteiger partial charge < -0.3 is 16.4 Å². The van der Waals surface area contributed by atoms with Crippen LogP contribution in [0.15, 0.2) is 0 Å². The Bertz CT molecular complexity index is 39.3. The van der Waals surface area contributed by atoms with Crippen LogP contribution < -0.4 is 16.4 Å². The zero-order valence-corrected chi connectivity index (χ0v) is 6.82. The Morgan fingerprint density at radius 3 is 1.50 bits per heavy atom. The maximum atomic E-state index is 5.03. The highest BCUT2D eigenvalue weighted by Crippen LogP contribution is 1.65. The molecule has 1 heterocycles. The van der Waals surface area contributed by atoms with E-state index in [2.05, 4.69) is 17.6 Å². The van der Waals surface area contributed by atoms with Gasteiger partial charge in [-0.1, -0.05) is 6.92 Å². The third kappa shape index (κ3) is 7.88. The summed E-state index contributed by atoms with van der Waals surface area (Å²) in [6.45, 7) is 7.43. The lowest BCUT2D eigenvalue weighted by atomic mass is 10.4. The summed E-state index contributed by atoms with van der Waals surface area (Å²) in [6.07, 6.45) is 1.10. The molecule has 10 heavy (non-hydrogen) atoms. The zero-order chi connectivity index (χ0) is 7.66. The van der Waals surface area contributed by atoms with E-state index in [-0.39, 0.29) is 0 Å². The largest absolute Gasteiger partial charge is 0.330 e. The third-order valence-electron chi connectivity index (χ3n) is 1.25. The zero-order valence-electron chi connectivity index (χ0n) is 6.82. The first-order valence-corrected chi connectivity index (χ1v) is 4.03. The minimum absolute atomic E-state index is 0.819. The summed E-state index contributed by atoms with van der Waals surface area (Å²) in [4.78, 5) is 0. The van der Waals surface area contributed by atoms with E-state index in [1.165, 1.54) is 0 Å². The fraction of sp³-hybridized carbons (Fsp3) is 1.00. The van der Waals surface area contributed by atoms with Gasteiger partial charge in [-0.2, -0.15) is 0 Å². The first kappa shape index (κ1) is 9.88. The molecule has 0 aromatic rings. The van der Waals surface area contributed by atoms with Crippen molar-refractivity contribution in [2.24, 2.45) is 5.73 Å². The van der Waals surface area contributed by atoms with Gasteiger partial charge in [0.1, 0.15) is 0 Å². The molecule has 0 aromatic carbocycles. The smallest absolute Gasteiger partial charge is 0.00772 e. The van der Waals surface area contributed by atoms with Gasteiger partial charge >= 0.3 is 0 Å². The number of hydrogen-bond donors (Lipinski definition) is 3. The Labute approximate surface area is 63.4 Å². The van der Waals surface area contributed by atoms with E-state index in [0.717, 1.165) is 39.1 Å². The van der Waals surface area contributed by atoms with Crippen LogP contribution in [0.4, 0.5) is 0 Å². The maximum absolute atomic E-state index is 5.03. The molecular weight excluding hydrogens is 126 g/mol. The highest BCUT2D eigenvalue weighted by atomic mass is 15.0. The van der Waals surface area contributed by atoms with Crippen molar-refractivity contribution >= 4 is 0 Å². The SMILES string of the molecule is C1CNCCN1.CCCN. The second kappa shape index (κ2) is 8.88. The Morgan fingerprint density at radius 2 is 1.40 bits per heavy atom. The van der Waals surface area contributed by atoms with Crippen LogP contribution in [-0.4, -0.2) is 32.7 Å². The molecule has 0 unspecified atom stereocenters. The van der Waals surface area contributed by atoms with Crippen LogP contribution in [0.25, 0.3) is 0 Å². The van der Waals surface area contributed by atoms with Gasteiger partial charge in [0, 0.05) is 26.2 Å². The maximum Gasteiger partial charge on any atom is 0.00772 e. The molecular formula is C7H19N3. The van der Waals surface area contributed by atoms with Crippen LogP contribution in [-0.2, 0) is 0 Å². The summed E-state index contributed by atoms with van der Waals surface area (Å²) >= 11 is 0. The molecule has 4 N–H and O–H groups in total. The van der Waals surface area contributed by atoms with E-state index >= 15 is 0 Å². The molecule has 0 amide bonds. The molecule has 3 heteroatoms. The van der Waals surface area contributed by atoms with Crippen molar-refractivity contribution in [2.45, 2.75) is 13.3 Å². The van der Waals surface area contributed by atoms with E-state index in [9.17, 15) is 0 Å². The highest BCUT2D eigenvalue weighted by molar-refractivity contribution is 4.59. The van der Waals surface area contributed by atoms with Gasteiger partial charge in [-0.25, -0.2) is 0 Å². The normalized spacial score (nSPS) is 17.4. The van der Waals surface area contributed by atoms with Crippen LogP contribution in [0, 0.1) is 0 Å². The van der Waals surface area contributed by atoms with E-state index in [0.29, 0.717) is 0 Å². The van der Waals surface area contributed by atoms with Crippen molar-refractivity contribution in [3.8, 4) is 0 Å². The Balaban J connectivity index is 0.000000180. The lowest BCUT2D eigenvalue weighted by molar-refractivity contribution is 0.534. The fourth-order valence-corrected chi connectivity index (χ4v) is 0.604. The average Bonchev–Trinajstić information content (AvgIpc) is 2.08. The van der Waals surface area contributed by atoms with Gasteiger partial charge in [-0.15, -0.1) is 0 Å². The Hall–Kier alpha value is -0.120. The second-order valence-corrected chi connectivity index (χ2v) is 2.29. The van der Waals surface area contributed by atoms with Crippen LogP contribution in [0.1, 0.15) is 13.3 Å². The third-order valence-corrected chi connectivity index (χ3v) is 1.25. The standard InChI is InChI=1S/C4H10N2.C3H9N/c1-2-6-4-3-5-1;1-2-3-4/h5-6H,1-4H2;2-4H2,1H3. The van der Waals surface area contributed by atoms with E-state index < -0.39 is 0 Å². The molecule has 0 aliphatic carbocycles. The van der Waals surface area contributed by atoms with Crippen LogP contribution >= 0.6 is 0 Å². The van der Waals surface area contributed by atoms with E-state index in [1.807, 2.05) is 0 Å². The van der Waals surface area contributed by atoms with Gasteiger partial charge in [0.05, 0.1) is 0 Å². The molecule has 3 nitrogen and oxygen atoms in total. The quantitative estimate of drug-likeness (QED) is 0.468. The summed E-state index contributed by atoms with van der Waals surface area (Å²) in [5, 5.41) is 6.44. The average molecular weight is 145 g/mol. The van der Waals surface area contributed by atoms with Gasteiger partial charge in [0.2, 0.25) is 0 Å². The van der Waals surface area contributed by atoms with Crippen molar-refractivity contribution in [1.29, 1.82) is 0 Å². The molecule has 0 radical (unpaired) electrons. The monoisotopic (exact) mass is 145 g/mol.